The van der Waals surface area contributed by atoms with E-state index in [2.05, 4.69) is 6.92 Å². The first kappa shape index (κ1) is 22.5. The van der Waals surface area contributed by atoms with E-state index in [1.807, 2.05) is 37.3 Å². The van der Waals surface area contributed by atoms with Gasteiger partial charge in [-0.25, -0.2) is 8.78 Å². The third kappa shape index (κ3) is 5.04. The number of rotatable bonds is 7. The molecule has 2 aliphatic carbocycles. The maximum absolute atomic E-state index is 15.5. The fourth-order valence-electron chi connectivity index (χ4n) is 6.31. The molecule has 0 aliphatic heterocycles. The van der Waals surface area contributed by atoms with E-state index in [0.29, 0.717) is 17.4 Å². The van der Waals surface area contributed by atoms with Gasteiger partial charge in [-0.3, -0.25) is 0 Å². The zero-order valence-electron chi connectivity index (χ0n) is 19.3. The molecule has 2 heteroatoms. The Balaban J connectivity index is 1.49. The van der Waals surface area contributed by atoms with E-state index in [9.17, 15) is 4.39 Å². The van der Waals surface area contributed by atoms with Crippen molar-refractivity contribution < 1.29 is 8.78 Å². The molecule has 2 aliphatic rings. The topological polar surface area (TPSA) is 0 Å². The lowest BCUT2D eigenvalue weighted by atomic mass is 9.63. The van der Waals surface area contributed by atoms with Crippen molar-refractivity contribution in [1.29, 1.82) is 0 Å². The van der Waals surface area contributed by atoms with E-state index in [-0.39, 0.29) is 17.6 Å². The van der Waals surface area contributed by atoms with Crippen LogP contribution in [0.5, 0.6) is 0 Å². The van der Waals surface area contributed by atoms with Gasteiger partial charge in [0.2, 0.25) is 0 Å². The standard InChI is InChI=1S/C29H38F2/c1-3-5-7-9-25-18-24-14-15-26(29(31)27(24)19-28(25)30)23-13-12-21-16-20(8-6-4-2)10-11-22(21)17-23/h3,5,14-15,18-23H,4,6-13,16-17H2,1-2H3/b5-3+. The van der Waals surface area contributed by atoms with E-state index < -0.39 is 0 Å². The van der Waals surface area contributed by atoms with Crippen molar-refractivity contribution >= 4 is 10.8 Å². The molecule has 168 valence electrons. The van der Waals surface area contributed by atoms with Crippen molar-refractivity contribution in [2.75, 3.05) is 0 Å². The van der Waals surface area contributed by atoms with Gasteiger partial charge >= 0.3 is 0 Å². The van der Waals surface area contributed by atoms with Crippen LogP contribution in [0.4, 0.5) is 8.78 Å². The zero-order valence-corrected chi connectivity index (χ0v) is 19.3. The summed E-state index contributed by atoms with van der Waals surface area (Å²) < 4.78 is 30.2. The third-order valence-corrected chi connectivity index (χ3v) is 8.09. The molecule has 0 nitrogen and oxygen atoms in total. The van der Waals surface area contributed by atoms with E-state index in [4.69, 9.17) is 0 Å². The molecule has 0 amide bonds. The van der Waals surface area contributed by atoms with Crippen molar-refractivity contribution in [2.45, 2.75) is 90.4 Å². The summed E-state index contributed by atoms with van der Waals surface area (Å²) in [4.78, 5) is 0. The second-order valence-corrected chi connectivity index (χ2v) is 10.1. The predicted molar refractivity (Wildman–Crippen MR) is 127 cm³/mol. The molecule has 2 aromatic carbocycles. The van der Waals surface area contributed by atoms with Crippen LogP contribution in [0, 0.1) is 29.4 Å². The molecule has 0 aromatic heterocycles. The van der Waals surface area contributed by atoms with Gasteiger partial charge in [-0.2, -0.15) is 0 Å². The number of halogens is 2. The quantitative estimate of drug-likeness (QED) is 0.389. The van der Waals surface area contributed by atoms with E-state index in [0.717, 1.165) is 48.0 Å². The van der Waals surface area contributed by atoms with Gasteiger partial charge in [0.1, 0.15) is 11.6 Å². The molecule has 4 atom stereocenters. The van der Waals surface area contributed by atoms with Crippen LogP contribution in [-0.2, 0) is 6.42 Å². The Morgan fingerprint density at radius 1 is 1.00 bits per heavy atom. The Labute approximate surface area is 187 Å². The summed E-state index contributed by atoms with van der Waals surface area (Å²) in [6.45, 7) is 4.25. The van der Waals surface area contributed by atoms with Gasteiger partial charge in [0.15, 0.2) is 0 Å². The number of hydrogen-bond acceptors (Lipinski definition) is 0. The minimum atomic E-state index is -0.276. The molecular weight excluding hydrogens is 386 g/mol. The molecule has 0 N–H and O–H groups in total. The molecule has 2 saturated carbocycles. The first-order valence-corrected chi connectivity index (χ1v) is 12.6. The Hall–Kier alpha value is -1.70. The number of unbranched alkanes of at least 4 members (excludes halogenated alkanes) is 1. The molecule has 2 fully saturated rings. The number of allylic oxidation sites excluding steroid dienone is 2. The maximum Gasteiger partial charge on any atom is 0.134 e. The van der Waals surface area contributed by atoms with Gasteiger partial charge in [0.25, 0.3) is 0 Å². The van der Waals surface area contributed by atoms with Crippen LogP contribution in [0.2, 0.25) is 0 Å². The molecule has 4 unspecified atom stereocenters. The molecule has 0 saturated heterocycles. The zero-order chi connectivity index (χ0) is 21.8. The Bertz CT molecular complexity index is 913. The van der Waals surface area contributed by atoms with Gasteiger partial charge in [-0.05, 0) is 104 Å². The van der Waals surface area contributed by atoms with Crippen molar-refractivity contribution in [3.63, 3.8) is 0 Å². The SMILES string of the molecule is C/C=C/CCc1cc2ccc(C3CCC4CC(CCCC)CCC4C3)c(F)c2cc1F. The van der Waals surface area contributed by atoms with Gasteiger partial charge in [0, 0.05) is 5.39 Å². The van der Waals surface area contributed by atoms with Crippen LogP contribution < -0.4 is 0 Å². The van der Waals surface area contributed by atoms with Crippen molar-refractivity contribution in [2.24, 2.45) is 17.8 Å². The molecule has 2 aromatic rings. The van der Waals surface area contributed by atoms with Crippen molar-refractivity contribution in [3.8, 4) is 0 Å². The molecule has 31 heavy (non-hydrogen) atoms. The summed E-state index contributed by atoms with van der Waals surface area (Å²) >= 11 is 0. The van der Waals surface area contributed by atoms with Crippen LogP contribution in [0.1, 0.15) is 95.1 Å². The summed E-state index contributed by atoms with van der Waals surface area (Å²) in [5.74, 6) is 2.33. The highest BCUT2D eigenvalue weighted by Gasteiger charge is 2.36. The summed E-state index contributed by atoms with van der Waals surface area (Å²) in [5.41, 5.74) is 1.50. The van der Waals surface area contributed by atoms with Crippen molar-refractivity contribution in [3.05, 3.63) is 59.2 Å². The van der Waals surface area contributed by atoms with Gasteiger partial charge in [-0.1, -0.05) is 56.9 Å². The highest BCUT2D eigenvalue weighted by molar-refractivity contribution is 5.85. The first-order chi connectivity index (χ1) is 15.1. The average Bonchev–Trinajstić information content (AvgIpc) is 2.78. The monoisotopic (exact) mass is 424 g/mol. The summed E-state index contributed by atoms with van der Waals surface area (Å²) in [5, 5.41) is 1.28. The number of hydrogen-bond donors (Lipinski definition) is 0. The highest BCUT2D eigenvalue weighted by atomic mass is 19.1. The lowest BCUT2D eigenvalue weighted by molar-refractivity contribution is 0.113. The van der Waals surface area contributed by atoms with E-state index >= 15 is 4.39 Å². The normalized spacial score (nSPS) is 26.5. The lowest BCUT2D eigenvalue weighted by Gasteiger charge is -2.42. The fourth-order valence-corrected chi connectivity index (χ4v) is 6.31. The molecule has 0 radical (unpaired) electrons. The number of aryl methyl sites for hydroxylation is 1. The fraction of sp³-hybridized carbons (Fsp3) is 0.586. The predicted octanol–water partition coefficient (Wildman–Crippen LogP) is 9.12. The smallest absolute Gasteiger partial charge is 0.134 e. The molecular formula is C29H38F2. The number of fused-ring (bicyclic) bond motifs is 2. The summed E-state index contributed by atoms with van der Waals surface area (Å²) in [6.07, 6.45) is 17.0. The average molecular weight is 425 g/mol. The largest absolute Gasteiger partial charge is 0.207 e. The second-order valence-electron chi connectivity index (χ2n) is 10.1. The highest BCUT2D eigenvalue weighted by Crippen LogP contribution is 2.49. The van der Waals surface area contributed by atoms with Crippen LogP contribution in [0.15, 0.2) is 36.4 Å². The number of benzene rings is 2. The lowest BCUT2D eigenvalue weighted by Crippen LogP contribution is -2.30. The maximum atomic E-state index is 15.5. The Morgan fingerprint density at radius 2 is 1.81 bits per heavy atom. The molecule has 0 bridgehead atoms. The van der Waals surface area contributed by atoms with E-state index in [1.165, 1.54) is 51.0 Å². The van der Waals surface area contributed by atoms with Crippen LogP contribution in [0.25, 0.3) is 10.8 Å². The van der Waals surface area contributed by atoms with Crippen LogP contribution >= 0.6 is 0 Å². The minimum Gasteiger partial charge on any atom is -0.207 e. The summed E-state index contributed by atoms with van der Waals surface area (Å²) in [6, 6.07) is 7.28. The Morgan fingerprint density at radius 3 is 2.61 bits per heavy atom. The van der Waals surface area contributed by atoms with Gasteiger partial charge < -0.3 is 0 Å². The van der Waals surface area contributed by atoms with Gasteiger partial charge in [-0.15, -0.1) is 0 Å². The van der Waals surface area contributed by atoms with Gasteiger partial charge in [0.05, 0.1) is 0 Å². The van der Waals surface area contributed by atoms with E-state index in [1.54, 1.807) is 0 Å². The Kier molecular flexibility index (Phi) is 7.46. The first-order valence-electron chi connectivity index (χ1n) is 12.6. The van der Waals surface area contributed by atoms with Crippen LogP contribution in [0.3, 0.4) is 0 Å². The minimum absolute atomic E-state index is 0.184. The molecule has 0 heterocycles. The van der Waals surface area contributed by atoms with Crippen LogP contribution in [-0.4, -0.2) is 0 Å². The molecule has 4 rings (SSSR count). The molecule has 0 spiro atoms. The van der Waals surface area contributed by atoms with Crippen molar-refractivity contribution in [1.82, 2.24) is 0 Å². The second kappa shape index (κ2) is 10.3. The summed E-state index contributed by atoms with van der Waals surface area (Å²) in [7, 11) is 0. The third-order valence-electron chi connectivity index (χ3n) is 8.09.